The van der Waals surface area contributed by atoms with Crippen molar-refractivity contribution in [2.75, 3.05) is 5.32 Å². The molecule has 0 fully saturated rings. The second-order valence-corrected chi connectivity index (χ2v) is 6.26. The van der Waals surface area contributed by atoms with Crippen LogP contribution in [0, 0.1) is 20.8 Å². The minimum absolute atomic E-state index is 0.260. The van der Waals surface area contributed by atoms with Crippen molar-refractivity contribution in [3.8, 4) is 5.82 Å². The van der Waals surface area contributed by atoms with Gasteiger partial charge in [-0.3, -0.25) is 4.79 Å². The van der Waals surface area contributed by atoms with Crippen molar-refractivity contribution in [1.29, 1.82) is 0 Å². The highest BCUT2D eigenvalue weighted by molar-refractivity contribution is 6.02. The lowest BCUT2D eigenvalue weighted by atomic mass is 10.1. The van der Waals surface area contributed by atoms with E-state index in [1.165, 1.54) is 0 Å². The molecule has 0 aliphatic carbocycles. The minimum Gasteiger partial charge on any atom is -0.456 e. The third kappa shape index (κ3) is 2.86. The SMILES string of the molecule is Cc1cc(NC(=O)c2ccc(C)o2)n(-c2cc(C)c3ccccc3n2)n1. The molecule has 0 atom stereocenters. The lowest BCUT2D eigenvalue weighted by molar-refractivity contribution is 0.0994. The molecule has 0 aliphatic heterocycles. The molecule has 0 saturated carbocycles. The van der Waals surface area contributed by atoms with Crippen molar-refractivity contribution in [1.82, 2.24) is 14.8 Å². The number of benzene rings is 1. The van der Waals surface area contributed by atoms with Gasteiger partial charge in [-0.25, -0.2) is 4.98 Å². The Bertz CT molecular complexity index is 1120. The zero-order chi connectivity index (χ0) is 18.3. The van der Waals surface area contributed by atoms with Crippen LogP contribution in [0.15, 0.2) is 52.9 Å². The van der Waals surface area contributed by atoms with Crippen molar-refractivity contribution in [2.45, 2.75) is 20.8 Å². The number of fused-ring (bicyclic) bond motifs is 1. The minimum atomic E-state index is -0.322. The van der Waals surface area contributed by atoms with Crippen molar-refractivity contribution in [3.63, 3.8) is 0 Å². The molecule has 4 aromatic rings. The monoisotopic (exact) mass is 346 g/mol. The predicted octanol–water partition coefficient (Wildman–Crippen LogP) is 4.19. The Labute approximate surface area is 150 Å². The maximum Gasteiger partial charge on any atom is 0.292 e. The number of furan rings is 1. The van der Waals surface area contributed by atoms with E-state index in [0.717, 1.165) is 22.2 Å². The number of anilines is 1. The van der Waals surface area contributed by atoms with Crippen molar-refractivity contribution < 1.29 is 9.21 Å². The van der Waals surface area contributed by atoms with Crippen LogP contribution in [-0.2, 0) is 0 Å². The second kappa shape index (κ2) is 6.15. The van der Waals surface area contributed by atoms with Crippen LogP contribution in [0.25, 0.3) is 16.7 Å². The molecule has 6 heteroatoms. The Morgan fingerprint density at radius 1 is 1.08 bits per heavy atom. The van der Waals surface area contributed by atoms with E-state index in [-0.39, 0.29) is 11.7 Å². The number of aromatic nitrogens is 3. The first-order chi connectivity index (χ1) is 12.5. The van der Waals surface area contributed by atoms with Crippen molar-refractivity contribution in [3.05, 3.63) is 71.3 Å². The zero-order valence-electron chi connectivity index (χ0n) is 14.8. The summed E-state index contributed by atoms with van der Waals surface area (Å²) in [6, 6.07) is 15.1. The molecule has 1 aromatic carbocycles. The molecule has 1 N–H and O–H groups in total. The van der Waals surface area contributed by atoms with Crippen LogP contribution in [0.5, 0.6) is 0 Å². The number of hydrogen-bond donors (Lipinski definition) is 1. The summed E-state index contributed by atoms with van der Waals surface area (Å²) in [5.41, 5.74) is 2.76. The van der Waals surface area contributed by atoms with E-state index in [0.29, 0.717) is 17.4 Å². The van der Waals surface area contributed by atoms with Crippen molar-refractivity contribution >= 4 is 22.6 Å². The van der Waals surface area contributed by atoms with Gasteiger partial charge in [0.15, 0.2) is 11.6 Å². The van der Waals surface area contributed by atoms with E-state index in [4.69, 9.17) is 9.40 Å². The fourth-order valence-electron chi connectivity index (χ4n) is 2.94. The highest BCUT2D eigenvalue weighted by atomic mass is 16.3. The molecule has 1 amide bonds. The van der Waals surface area contributed by atoms with Gasteiger partial charge in [-0.15, -0.1) is 0 Å². The third-order valence-electron chi connectivity index (χ3n) is 4.16. The maximum absolute atomic E-state index is 12.4. The van der Waals surface area contributed by atoms with Crippen LogP contribution in [0.3, 0.4) is 0 Å². The maximum atomic E-state index is 12.4. The number of pyridine rings is 1. The number of nitrogens with zero attached hydrogens (tertiary/aromatic N) is 3. The summed E-state index contributed by atoms with van der Waals surface area (Å²) in [4.78, 5) is 17.1. The first-order valence-electron chi connectivity index (χ1n) is 8.32. The summed E-state index contributed by atoms with van der Waals surface area (Å²) in [7, 11) is 0. The van der Waals surface area contributed by atoms with Gasteiger partial charge in [0.1, 0.15) is 11.6 Å². The normalized spacial score (nSPS) is 11.0. The van der Waals surface area contributed by atoms with E-state index >= 15 is 0 Å². The van der Waals surface area contributed by atoms with Crippen LogP contribution < -0.4 is 5.32 Å². The molecule has 0 aliphatic rings. The van der Waals surface area contributed by atoms with Gasteiger partial charge in [-0.1, -0.05) is 18.2 Å². The molecule has 0 bridgehead atoms. The van der Waals surface area contributed by atoms with Gasteiger partial charge in [0, 0.05) is 11.5 Å². The van der Waals surface area contributed by atoms with Gasteiger partial charge in [0.2, 0.25) is 0 Å². The Morgan fingerprint density at radius 3 is 2.65 bits per heavy atom. The number of para-hydroxylation sites is 1. The standard InChI is InChI=1S/C20H18N4O2/c1-12-10-18(21-16-7-5-4-6-15(12)16)24-19(11-13(2)23-24)22-20(25)17-9-8-14(3)26-17/h4-11H,1-3H3,(H,22,25). The Balaban J connectivity index is 1.75. The lowest BCUT2D eigenvalue weighted by Crippen LogP contribution is -2.15. The number of nitrogens with one attached hydrogen (secondary N) is 1. The summed E-state index contributed by atoms with van der Waals surface area (Å²) >= 11 is 0. The average molecular weight is 346 g/mol. The third-order valence-corrected chi connectivity index (χ3v) is 4.16. The first kappa shape index (κ1) is 16.1. The highest BCUT2D eigenvalue weighted by Gasteiger charge is 2.16. The summed E-state index contributed by atoms with van der Waals surface area (Å²) in [5.74, 6) is 1.82. The van der Waals surface area contributed by atoms with E-state index < -0.39 is 0 Å². The number of aryl methyl sites for hydroxylation is 3. The van der Waals surface area contributed by atoms with Crippen LogP contribution in [-0.4, -0.2) is 20.7 Å². The molecule has 0 unspecified atom stereocenters. The fraction of sp³-hybridized carbons (Fsp3) is 0.150. The molecular weight excluding hydrogens is 328 g/mol. The number of carbonyl (C=O) groups excluding carboxylic acids is 1. The summed E-state index contributed by atoms with van der Waals surface area (Å²) in [5, 5.41) is 8.44. The molecule has 26 heavy (non-hydrogen) atoms. The second-order valence-electron chi connectivity index (χ2n) is 6.26. The topological polar surface area (TPSA) is 73.0 Å². The van der Waals surface area contributed by atoms with Gasteiger partial charge in [-0.2, -0.15) is 9.78 Å². The number of amides is 1. The Kier molecular flexibility index (Phi) is 3.80. The molecule has 6 nitrogen and oxygen atoms in total. The lowest BCUT2D eigenvalue weighted by Gasteiger charge is -2.10. The number of rotatable bonds is 3. The molecule has 3 heterocycles. The Morgan fingerprint density at radius 2 is 1.88 bits per heavy atom. The molecule has 0 radical (unpaired) electrons. The predicted molar refractivity (Wildman–Crippen MR) is 99.7 cm³/mol. The Hall–Kier alpha value is -3.41. The molecular formula is C20H18N4O2. The molecule has 0 saturated heterocycles. The quantitative estimate of drug-likeness (QED) is 0.604. The van der Waals surface area contributed by atoms with Gasteiger partial charge in [0.05, 0.1) is 11.2 Å². The van der Waals surface area contributed by atoms with Gasteiger partial charge < -0.3 is 9.73 Å². The van der Waals surface area contributed by atoms with Gasteiger partial charge in [0.25, 0.3) is 5.91 Å². The van der Waals surface area contributed by atoms with Crippen LogP contribution in [0.1, 0.15) is 27.6 Å². The molecule has 130 valence electrons. The summed E-state index contributed by atoms with van der Waals surface area (Å²) < 4.78 is 7.03. The molecule has 3 aromatic heterocycles. The number of carbonyl (C=O) groups is 1. The van der Waals surface area contributed by atoms with E-state index in [1.54, 1.807) is 29.8 Å². The summed E-state index contributed by atoms with van der Waals surface area (Å²) in [6.45, 7) is 5.71. The average Bonchev–Trinajstić information content (AvgIpc) is 3.20. The van der Waals surface area contributed by atoms with Crippen LogP contribution in [0.2, 0.25) is 0 Å². The van der Waals surface area contributed by atoms with E-state index in [9.17, 15) is 4.79 Å². The highest BCUT2D eigenvalue weighted by Crippen LogP contribution is 2.22. The zero-order valence-corrected chi connectivity index (χ0v) is 14.8. The fourth-order valence-corrected chi connectivity index (χ4v) is 2.94. The van der Waals surface area contributed by atoms with Crippen molar-refractivity contribution in [2.24, 2.45) is 0 Å². The van der Waals surface area contributed by atoms with Gasteiger partial charge >= 0.3 is 0 Å². The number of hydrogen-bond acceptors (Lipinski definition) is 4. The van der Waals surface area contributed by atoms with Gasteiger partial charge in [-0.05, 0) is 50.6 Å². The summed E-state index contributed by atoms with van der Waals surface area (Å²) in [6.07, 6.45) is 0. The van der Waals surface area contributed by atoms with E-state index in [1.807, 2.05) is 44.2 Å². The first-order valence-corrected chi connectivity index (χ1v) is 8.32. The smallest absolute Gasteiger partial charge is 0.292 e. The van der Waals surface area contributed by atoms with Crippen LogP contribution >= 0.6 is 0 Å². The van der Waals surface area contributed by atoms with Crippen LogP contribution in [0.4, 0.5) is 5.82 Å². The molecule has 4 rings (SSSR count). The van der Waals surface area contributed by atoms with E-state index in [2.05, 4.69) is 10.4 Å². The largest absolute Gasteiger partial charge is 0.456 e. The molecule has 0 spiro atoms.